The molecule has 0 aliphatic carbocycles. The van der Waals surface area contributed by atoms with Gasteiger partial charge in [-0.15, -0.1) is 11.3 Å². The van der Waals surface area contributed by atoms with E-state index in [1.807, 2.05) is 0 Å². The summed E-state index contributed by atoms with van der Waals surface area (Å²) in [5.41, 5.74) is 0.782. The average Bonchev–Trinajstić information content (AvgIpc) is 3.35. The highest BCUT2D eigenvalue weighted by atomic mass is 32.1. The second kappa shape index (κ2) is 6.65. The number of benzene rings is 1. The molecule has 0 radical (unpaired) electrons. The van der Waals surface area contributed by atoms with Crippen LogP contribution in [0.15, 0.2) is 35.8 Å². The van der Waals surface area contributed by atoms with Crippen molar-refractivity contribution < 1.29 is 23.1 Å². The quantitative estimate of drug-likeness (QED) is 0.736. The molecule has 3 heterocycles. The third-order valence-corrected chi connectivity index (χ3v) is 5.62. The van der Waals surface area contributed by atoms with Gasteiger partial charge in [0.1, 0.15) is 5.69 Å². The maximum absolute atomic E-state index is 12.8. The second-order valence-electron chi connectivity index (χ2n) is 6.45. The second-order valence-corrected chi connectivity index (χ2v) is 7.29. The number of carbonyl (C=O) groups excluding carboxylic acids is 1. The van der Waals surface area contributed by atoms with Gasteiger partial charge in [-0.05, 0) is 25.0 Å². The summed E-state index contributed by atoms with van der Waals surface area (Å²) >= 11 is 1.29. The van der Waals surface area contributed by atoms with E-state index in [0.717, 1.165) is 25.0 Å². The highest BCUT2D eigenvalue weighted by molar-refractivity contribution is 7.15. The van der Waals surface area contributed by atoms with Crippen molar-refractivity contribution in [2.75, 3.05) is 13.2 Å². The van der Waals surface area contributed by atoms with Crippen molar-refractivity contribution in [3.05, 3.63) is 47.1 Å². The van der Waals surface area contributed by atoms with E-state index in [2.05, 4.69) is 4.98 Å². The van der Waals surface area contributed by atoms with Gasteiger partial charge in [-0.1, -0.05) is 12.1 Å². The fourth-order valence-corrected chi connectivity index (χ4v) is 4.19. The summed E-state index contributed by atoms with van der Waals surface area (Å²) in [4.78, 5) is 19.5. The van der Waals surface area contributed by atoms with Crippen LogP contribution in [-0.2, 0) is 6.18 Å². The number of imidazole rings is 1. The van der Waals surface area contributed by atoms with E-state index in [-0.39, 0.29) is 18.6 Å². The topological polar surface area (TPSA) is 57.8 Å². The molecule has 0 spiro atoms. The number of rotatable bonds is 3. The van der Waals surface area contributed by atoms with Crippen LogP contribution in [0.1, 0.15) is 28.9 Å². The predicted molar refractivity (Wildman–Crippen MR) is 94.7 cm³/mol. The number of aromatic nitrogens is 2. The number of hydrogen-bond acceptors (Lipinski definition) is 4. The molecule has 1 aliphatic rings. The lowest BCUT2D eigenvalue weighted by molar-refractivity contribution is -0.137. The maximum atomic E-state index is 12.8. The van der Waals surface area contributed by atoms with Gasteiger partial charge in [0.25, 0.3) is 5.91 Å². The number of likely N-dealkylation sites (tertiary alicyclic amines) is 1. The van der Waals surface area contributed by atoms with E-state index in [1.54, 1.807) is 20.9 Å². The Labute approximate surface area is 156 Å². The molecule has 27 heavy (non-hydrogen) atoms. The molecule has 1 aromatic carbocycles. The molecule has 2 aromatic heterocycles. The van der Waals surface area contributed by atoms with Crippen molar-refractivity contribution in [3.8, 4) is 11.3 Å². The Morgan fingerprint density at radius 1 is 1.30 bits per heavy atom. The molecule has 3 aromatic rings. The van der Waals surface area contributed by atoms with Gasteiger partial charge in [-0.2, -0.15) is 13.2 Å². The number of aliphatic hydroxyl groups is 1. The lowest BCUT2D eigenvalue weighted by atomic mass is 10.1. The zero-order valence-corrected chi connectivity index (χ0v) is 14.9. The van der Waals surface area contributed by atoms with Crippen LogP contribution >= 0.6 is 11.3 Å². The van der Waals surface area contributed by atoms with Crippen LogP contribution in [-0.4, -0.2) is 44.5 Å². The first-order valence-electron chi connectivity index (χ1n) is 8.44. The molecule has 1 amide bonds. The Bertz CT molecular complexity index is 978. The SMILES string of the molecule is O=C(c1csc2nc(-c3ccc(C(F)(F)F)cc3)cn12)N1CCC[C@H]1CO. The van der Waals surface area contributed by atoms with Crippen molar-refractivity contribution in [3.63, 3.8) is 0 Å². The fraction of sp³-hybridized carbons (Fsp3) is 0.333. The van der Waals surface area contributed by atoms with E-state index >= 15 is 0 Å². The predicted octanol–water partition coefficient (Wildman–Crippen LogP) is 3.68. The zero-order chi connectivity index (χ0) is 19.2. The van der Waals surface area contributed by atoms with Crippen LogP contribution in [0.4, 0.5) is 13.2 Å². The Morgan fingerprint density at radius 2 is 2.04 bits per heavy atom. The van der Waals surface area contributed by atoms with Crippen LogP contribution < -0.4 is 0 Å². The van der Waals surface area contributed by atoms with Gasteiger partial charge >= 0.3 is 6.18 Å². The molecular formula is C18H16F3N3O2S. The standard InChI is InChI=1S/C18H16F3N3O2S/c19-18(20,21)12-5-3-11(4-6-12)14-8-24-15(10-27-17(24)22-14)16(26)23-7-1-2-13(23)9-25/h3-6,8,10,13,25H,1-2,7,9H2/t13-/m0/s1. The zero-order valence-electron chi connectivity index (χ0n) is 14.1. The molecule has 4 rings (SSSR count). The van der Waals surface area contributed by atoms with Crippen LogP contribution in [0.25, 0.3) is 16.2 Å². The van der Waals surface area contributed by atoms with Crippen LogP contribution in [0.3, 0.4) is 0 Å². The summed E-state index contributed by atoms with van der Waals surface area (Å²) in [6.45, 7) is 0.529. The van der Waals surface area contributed by atoms with E-state index in [1.165, 1.54) is 23.5 Å². The summed E-state index contributed by atoms with van der Waals surface area (Å²) < 4.78 is 39.8. The number of halogens is 3. The lowest BCUT2D eigenvalue weighted by Crippen LogP contribution is -2.38. The number of carbonyl (C=O) groups is 1. The van der Waals surface area contributed by atoms with Crippen molar-refractivity contribution >= 4 is 22.2 Å². The van der Waals surface area contributed by atoms with Gasteiger partial charge in [0.2, 0.25) is 0 Å². The summed E-state index contributed by atoms with van der Waals surface area (Å²) in [6.07, 6.45) is -1.10. The smallest absolute Gasteiger partial charge is 0.394 e. The summed E-state index contributed by atoms with van der Waals surface area (Å²) in [5, 5.41) is 11.2. The molecule has 0 bridgehead atoms. The van der Waals surface area contributed by atoms with Crippen molar-refractivity contribution in [1.29, 1.82) is 0 Å². The summed E-state index contributed by atoms with van der Waals surface area (Å²) in [6, 6.07) is 4.61. The Morgan fingerprint density at radius 3 is 2.70 bits per heavy atom. The molecule has 142 valence electrons. The monoisotopic (exact) mass is 395 g/mol. The highest BCUT2D eigenvalue weighted by Gasteiger charge is 2.31. The first-order chi connectivity index (χ1) is 12.9. The van der Waals surface area contributed by atoms with Crippen molar-refractivity contribution in [2.24, 2.45) is 0 Å². The summed E-state index contributed by atoms with van der Waals surface area (Å²) in [7, 11) is 0. The molecule has 1 atom stereocenters. The van der Waals surface area contributed by atoms with E-state index < -0.39 is 11.7 Å². The fourth-order valence-electron chi connectivity index (χ4n) is 3.35. The molecular weight excluding hydrogens is 379 g/mol. The van der Waals surface area contributed by atoms with Crippen LogP contribution in [0.5, 0.6) is 0 Å². The third-order valence-electron chi connectivity index (χ3n) is 4.78. The normalized spacial score (nSPS) is 17.8. The number of amides is 1. The number of aliphatic hydroxyl groups excluding tert-OH is 1. The molecule has 1 N–H and O–H groups in total. The van der Waals surface area contributed by atoms with E-state index in [9.17, 15) is 23.1 Å². The maximum Gasteiger partial charge on any atom is 0.416 e. The molecule has 1 saturated heterocycles. The molecule has 9 heteroatoms. The number of alkyl halides is 3. The third kappa shape index (κ3) is 3.21. The minimum absolute atomic E-state index is 0.0697. The van der Waals surface area contributed by atoms with E-state index in [4.69, 9.17) is 0 Å². The van der Waals surface area contributed by atoms with Crippen LogP contribution in [0, 0.1) is 0 Å². The van der Waals surface area contributed by atoms with Gasteiger partial charge in [0.15, 0.2) is 4.96 Å². The molecule has 0 saturated carbocycles. The Hall–Kier alpha value is -2.39. The van der Waals surface area contributed by atoms with Gasteiger partial charge in [-0.3, -0.25) is 9.20 Å². The molecule has 1 aliphatic heterocycles. The number of fused-ring (bicyclic) bond motifs is 1. The highest BCUT2D eigenvalue weighted by Crippen LogP contribution is 2.31. The average molecular weight is 395 g/mol. The minimum atomic E-state index is -4.38. The van der Waals surface area contributed by atoms with Crippen LogP contribution in [0.2, 0.25) is 0 Å². The van der Waals surface area contributed by atoms with Gasteiger partial charge in [0.05, 0.1) is 23.9 Å². The lowest BCUT2D eigenvalue weighted by Gasteiger charge is -2.22. The summed E-state index contributed by atoms with van der Waals surface area (Å²) in [5.74, 6) is -0.172. The first-order valence-corrected chi connectivity index (χ1v) is 9.32. The molecule has 5 nitrogen and oxygen atoms in total. The minimum Gasteiger partial charge on any atom is -0.394 e. The first kappa shape index (κ1) is 18.0. The number of nitrogens with zero attached hydrogens (tertiary/aromatic N) is 3. The molecule has 1 fully saturated rings. The Balaban J connectivity index is 1.65. The van der Waals surface area contributed by atoms with E-state index in [0.29, 0.717) is 28.5 Å². The Kier molecular flexibility index (Phi) is 4.43. The van der Waals surface area contributed by atoms with Gasteiger partial charge in [-0.25, -0.2) is 4.98 Å². The largest absolute Gasteiger partial charge is 0.416 e. The van der Waals surface area contributed by atoms with Crippen molar-refractivity contribution in [1.82, 2.24) is 14.3 Å². The number of thiazole rings is 1. The van der Waals surface area contributed by atoms with Crippen molar-refractivity contribution in [2.45, 2.75) is 25.1 Å². The molecule has 0 unspecified atom stereocenters. The van der Waals surface area contributed by atoms with Gasteiger partial charge < -0.3 is 10.0 Å². The number of hydrogen-bond donors (Lipinski definition) is 1. The van der Waals surface area contributed by atoms with Gasteiger partial charge in [0, 0.05) is 23.7 Å².